The monoisotopic (exact) mass is 657 g/mol. The Labute approximate surface area is 259 Å². The van der Waals surface area contributed by atoms with Crippen molar-refractivity contribution in [3.05, 3.63) is 95.7 Å². The lowest BCUT2D eigenvalue weighted by Crippen LogP contribution is -2.54. The second kappa shape index (κ2) is 12.6. The number of benzene rings is 2. The van der Waals surface area contributed by atoms with Gasteiger partial charge in [-0.3, -0.25) is 9.10 Å². The number of halogens is 6. The number of hydrogen-bond donors (Lipinski definition) is 3. The van der Waals surface area contributed by atoms with Gasteiger partial charge in [0.05, 0.1) is 22.7 Å². The highest BCUT2D eigenvalue weighted by molar-refractivity contribution is 7.86. The molecule has 14 heteroatoms. The smallest absolute Gasteiger partial charge is 0.386 e. The predicted molar refractivity (Wildman–Crippen MR) is 157 cm³/mol. The van der Waals surface area contributed by atoms with E-state index >= 15 is 0 Å². The largest absolute Gasteiger partial charge is 0.430 e. The van der Waals surface area contributed by atoms with Crippen LogP contribution in [0.4, 0.5) is 32.0 Å². The molecule has 2 aromatic rings. The molecule has 1 amide bonds. The third kappa shape index (κ3) is 6.40. The van der Waals surface area contributed by atoms with E-state index in [0.29, 0.717) is 28.3 Å². The molecule has 2 aliphatic rings. The molecule has 0 fully saturated rings. The highest BCUT2D eigenvalue weighted by Crippen LogP contribution is 2.51. The van der Waals surface area contributed by atoms with Crippen LogP contribution in [0.5, 0.6) is 0 Å². The number of aliphatic hydroxyl groups excluding tert-OH is 1. The van der Waals surface area contributed by atoms with Crippen LogP contribution >= 0.6 is 0 Å². The quantitative estimate of drug-likeness (QED) is 0.350. The Morgan fingerprint density at radius 1 is 1.07 bits per heavy atom. The van der Waals surface area contributed by atoms with E-state index in [1.54, 1.807) is 42.3 Å². The van der Waals surface area contributed by atoms with Gasteiger partial charge in [-0.1, -0.05) is 49.1 Å². The minimum absolute atomic E-state index is 0.00131. The van der Waals surface area contributed by atoms with Gasteiger partial charge in [-0.15, -0.1) is 0 Å². The first kappa shape index (κ1) is 34.3. The molecule has 0 aliphatic carbocycles. The molecule has 0 saturated carbocycles. The number of aliphatic hydroxyl groups is 2. The number of aryl methyl sites for hydroxylation is 2. The zero-order valence-corrected chi connectivity index (χ0v) is 25.3. The van der Waals surface area contributed by atoms with E-state index in [-0.39, 0.29) is 37.1 Å². The molecule has 3 unspecified atom stereocenters. The molecule has 3 N–H and O–H groups in total. The van der Waals surface area contributed by atoms with E-state index in [0.717, 1.165) is 11.6 Å². The van der Waals surface area contributed by atoms with Crippen LogP contribution in [0.1, 0.15) is 29.5 Å². The number of carbonyl (C=O) groups excluding carboxylic acids is 1. The summed E-state index contributed by atoms with van der Waals surface area (Å²) in [6.07, 6.45) is -10.5. The third-order valence-corrected chi connectivity index (χ3v) is 9.62. The first-order valence-corrected chi connectivity index (χ1v) is 15.0. The lowest BCUT2D eigenvalue weighted by Gasteiger charge is -2.40. The van der Waals surface area contributed by atoms with Crippen LogP contribution in [0.15, 0.2) is 83.9 Å². The molecule has 0 bridgehead atoms. The Hall–Kier alpha value is -3.62. The molecule has 0 saturated heterocycles. The molecule has 0 radical (unpaired) electrons. The van der Waals surface area contributed by atoms with Crippen LogP contribution in [0, 0.1) is 6.92 Å². The molecule has 7 nitrogen and oxygen atoms in total. The van der Waals surface area contributed by atoms with E-state index in [1.807, 2.05) is 6.92 Å². The molecule has 0 aromatic heterocycles. The highest BCUT2D eigenvalue weighted by atomic mass is 32.2. The fourth-order valence-corrected chi connectivity index (χ4v) is 7.12. The molecule has 45 heavy (non-hydrogen) atoms. The highest BCUT2D eigenvalue weighted by Gasteiger charge is 2.71. The van der Waals surface area contributed by atoms with Crippen LogP contribution in [0.3, 0.4) is 0 Å². The normalized spacial score (nSPS) is 21.7. The van der Waals surface area contributed by atoms with Crippen LogP contribution in [0.25, 0.3) is 0 Å². The predicted octanol–water partition coefficient (Wildman–Crippen LogP) is 4.96. The van der Waals surface area contributed by atoms with Crippen LogP contribution in [-0.2, 0) is 27.8 Å². The molecule has 4 rings (SSSR count). The Bertz CT molecular complexity index is 1510. The molecule has 2 aromatic carbocycles. The summed E-state index contributed by atoms with van der Waals surface area (Å²) in [6, 6.07) is 7.11. The van der Waals surface area contributed by atoms with E-state index < -0.39 is 58.6 Å². The number of likely N-dealkylation sites (N-methyl/N-ethyl adjacent to an activating group) is 1. The SMILES string of the molecule is C=CC1=C(C=C)N(C)CC(NC(=O)C[C@@H]2CCc3cc(C(O)(C(F)(F)F)C(F)(F)F)ccc3N2S(=O)c2ccc(C)cc2)C1O. The van der Waals surface area contributed by atoms with Crippen molar-refractivity contribution in [1.29, 1.82) is 0 Å². The average molecular weight is 658 g/mol. The van der Waals surface area contributed by atoms with Gasteiger partial charge in [-0.2, -0.15) is 26.3 Å². The maximum Gasteiger partial charge on any atom is 0.430 e. The third-order valence-electron chi connectivity index (χ3n) is 8.09. The maximum atomic E-state index is 13.9. The molecule has 244 valence electrons. The van der Waals surface area contributed by atoms with Crippen LogP contribution in [-0.4, -0.2) is 69.4 Å². The average Bonchev–Trinajstić information content (AvgIpc) is 2.96. The minimum Gasteiger partial charge on any atom is -0.386 e. The number of amides is 1. The number of allylic oxidation sites excluding steroid dienone is 1. The van der Waals surface area contributed by atoms with Crippen molar-refractivity contribution in [2.75, 3.05) is 17.9 Å². The summed E-state index contributed by atoms with van der Waals surface area (Å²) in [5.74, 6) is -0.516. The summed E-state index contributed by atoms with van der Waals surface area (Å²) < 4.78 is 96.9. The molecular weight excluding hydrogens is 624 g/mol. The number of nitrogens with one attached hydrogen (secondary N) is 1. The van der Waals surface area contributed by atoms with Gasteiger partial charge in [0.1, 0.15) is 6.10 Å². The fraction of sp³-hybridized carbons (Fsp3) is 0.387. The van der Waals surface area contributed by atoms with Crippen molar-refractivity contribution >= 4 is 22.6 Å². The van der Waals surface area contributed by atoms with Crippen molar-refractivity contribution in [3.8, 4) is 0 Å². The van der Waals surface area contributed by atoms with Gasteiger partial charge in [-0.05, 0) is 49.6 Å². The number of anilines is 1. The van der Waals surface area contributed by atoms with E-state index in [2.05, 4.69) is 18.5 Å². The summed E-state index contributed by atoms with van der Waals surface area (Å²) >= 11 is 0. The van der Waals surface area contributed by atoms with Gasteiger partial charge in [-0.25, -0.2) is 4.21 Å². The van der Waals surface area contributed by atoms with Crippen molar-refractivity contribution in [3.63, 3.8) is 0 Å². The molecular formula is C31H33F6N3O4S. The van der Waals surface area contributed by atoms with E-state index in [9.17, 15) is 45.6 Å². The van der Waals surface area contributed by atoms with Gasteiger partial charge < -0.3 is 20.4 Å². The molecule has 0 spiro atoms. The van der Waals surface area contributed by atoms with Crippen molar-refractivity contribution in [2.24, 2.45) is 0 Å². The van der Waals surface area contributed by atoms with Crippen molar-refractivity contribution in [2.45, 2.75) is 67.2 Å². The Morgan fingerprint density at radius 2 is 1.69 bits per heavy atom. The van der Waals surface area contributed by atoms with Gasteiger partial charge in [0, 0.05) is 36.8 Å². The lowest BCUT2D eigenvalue weighted by atomic mass is 9.87. The summed E-state index contributed by atoms with van der Waals surface area (Å²) in [6.45, 7) is 9.51. The number of fused-ring (bicyclic) bond motifs is 1. The number of nitrogens with zero attached hydrogens (tertiary/aromatic N) is 2. The fourth-order valence-electron chi connectivity index (χ4n) is 5.71. The Morgan fingerprint density at radius 3 is 2.24 bits per heavy atom. The summed E-state index contributed by atoms with van der Waals surface area (Å²) in [5, 5.41) is 23.6. The number of rotatable bonds is 8. The molecule has 2 aliphatic heterocycles. The van der Waals surface area contributed by atoms with Crippen molar-refractivity contribution < 1.29 is 45.6 Å². The Kier molecular flexibility index (Phi) is 9.62. The maximum absolute atomic E-state index is 13.9. The first-order chi connectivity index (χ1) is 20.9. The first-order valence-electron chi connectivity index (χ1n) is 13.9. The Balaban J connectivity index is 1.69. The number of hydrogen-bond acceptors (Lipinski definition) is 5. The summed E-state index contributed by atoms with van der Waals surface area (Å²) in [5.41, 5.74) is -4.50. The van der Waals surface area contributed by atoms with Gasteiger partial charge in [0.25, 0.3) is 5.60 Å². The zero-order valence-electron chi connectivity index (χ0n) is 24.5. The summed E-state index contributed by atoms with van der Waals surface area (Å²) in [7, 11) is -0.271. The number of carbonyl (C=O) groups is 1. The van der Waals surface area contributed by atoms with Gasteiger partial charge in [0.2, 0.25) is 5.91 Å². The second-order valence-electron chi connectivity index (χ2n) is 11.1. The van der Waals surface area contributed by atoms with Gasteiger partial charge >= 0.3 is 12.4 Å². The van der Waals surface area contributed by atoms with E-state index in [4.69, 9.17) is 0 Å². The van der Waals surface area contributed by atoms with Crippen molar-refractivity contribution in [1.82, 2.24) is 10.2 Å². The zero-order chi connectivity index (χ0) is 33.5. The molecule has 4 atom stereocenters. The van der Waals surface area contributed by atoms with E-state index in [1.165, 1.54) is 10.4 Å². The number of alkyl halides is 6. The van der Waals surface area contributed by atoms with Gasteiger partial charge in [0.15, 0.2) is 11.0 Å². The second-order valence-corrected chi connectivity index (χ2v) is 12.4. The van der Waals surface area contributed by atoms with Crippen LogP contribution in [0.2, 0.25) is 0 Å². The standard InChI is InChI=1S/C31H33F6N3O4S/c1-5-23-25(6-2)39(4)17-24(28(23)42)38-27(41)16-21-11-9-19-15-20(29(43,30(32,33)34)31(35,36)37)10-14-26(19)40(21)45(44)22-12-7-18(3)8-13-22/h5-8,10,12-15,21,24,28,42-43H,1-2,9,11,16-17H2,3-4H3,(H,38,41)/t21-,24?,28?,45?/m0/s1. The molecule has 2 heterocycles. The lowest BCUT2D eigenvalue weighted by molar-refractivity contribution is -0.376. The van der Waals surface area contributed by atoms with Crippen LogP contribution < -0.4 is 9.62 Å². The topological polar surface area (TPSA) is 93.1 Å². The minimum atomic E-state index is -6.07. The summed E-state index contributed by atoms with van der Waals surface area (Å²) in [4.78, 5) is 15.4.